The van der Waals surface area contributed by atoms with Crippen molar-refractivity contribution < 1.29 is 0 Å². The van der Waals surface area contributed by atoms with Crippen LogP contribution in [0.2, 0.25) is 0 Å². The van der Waals surface area contributed by atoms with Crippen molar-refractivity contribution in [3.8, 4) is 0 Å². The summed E-state index contributed by atoms with van der Waals surface area (Å²) >= 11 is 3.40. The fourth-order valence-electron chi connectivity index (χ4n) is 2.27. The quantitative estimate of drug-likeness (QED) is 0.896. The van der Waals surface area contributed by atoms with Gasteiger partial charge in [0.05, 0.1) is 0 Å². The first kappa shape index (κ1) is 11.6. The Morgan fingerprint density at radius 2 is 2.12 bits per heavy atom. The van der Waals surface area contributed by atoms with Crippen LogP contribution in [0.1, 0.15) is 32.6 Å². The molecule has 1 aromatic rings. The molecule has 88 valence electrons. The Morgan fingerprint density at radius 3 is 2.81 bits per heavy atom. The lowest BCUT2D eigenvalue weighted by Crippen LogP contribution is -2.24. The molecule has 16 heavy (non-hydrogen) atoms. The molecule has 0 amide bonds. The van der Waals surface area contributed by atoms with Crippen LogP contribution in [-0.2, 0) is 0 Å². The van der Waals surface area contributed by atoms with Gasteiger partial charge in [0.25, 0.3) is 0 Å². The smallest absolute Gasteiger partial charge is 0.146 e. The number of nitrogens with two attached hydrogens (primary N) is 1. The van der Waals surface area contributed by atoms with E-state index in [-0.39, 0.29) is 0 Å². The second kappa shape index (κ2) is 4.99. The largest absolute Gasteiger partial charge is 0.383 e. The standard InChI is InChI=1S/C11H17BrN4/c1-7(8-4-2-3-5-8)16-11-9(12)10(13)14-6-15-11/h6-8H,2-5H2,1H3,(H3,13,14,15,16). The molecule has 1 aliphatic carbocycles. The van der Waals surface area contributed by atoms with Crippen LogP contribution in [0.5, 0.6) is 0 Å². The number of hydrogen-bond donors (Lipinski definition) is 2. The van der Waals surface area contributed by atoms with Crippen molar-refractivity contribution in [2.45, 2.75) is 38.6 Å². The Bertz CT molecular complexity index is 363. The molecule has 4 nitrogen and oxygen atoms in total. The number of nitrogen functional groups attached to an aromatic ring is 1. The molecule has 0 saturated heterocycles. The number of halogens is 1. The van der Waals surface area contributed by atoms with E-state index in [9.17, 15) is 0 Å². The number of nitrogens with one attached hydrogen (secondary N) is 1. The molecule has 0 aliphatic heterocycles. The van der Waals surface area contributed by atoms with Crippen LogP contribution in [-0.4, -0.2) is 16.0 Å². The average molecular weight is 285 g/mol. The first-order valence-electron chi connectivity index (χ1n) is 5.71. The highest BCUT2D eigenvalue weighted by Gasteiger charge is 2.22. The highest BCUT2D eigenvalue weighted by Crippen LogP contribution is 2.31. The second-order valence-electron chi connectivity index (χ2n) is 4.40. The van der Waals surface area contributed by atoms with Gasteiger partial charge in [-0.05, 0) is 41.6 Å². The van der Waals surface area contributed by atoms with Gasteiger partial charge in [-0.2, -0.15) is 0 Å². The Balaban J connectivity index is 2.05. The zero-order valence-corrected chi connectivity index (χ0v) is 11.0. The van der Waals surface area contributed by atoms with Crippen LogP contribution in [0.15, 0.2) is 10.8 Å². The summed E-state index contributed by atoms with van der Waals surface area (Å²) in [5.41, 5.74) is 5.71. The maximum absolute atomic E-state index is 5.71. The molecule has 1 atom stereocenters. The third-order valence-corrected chi connectivity index (χ3v) is 4.07. The zero-order valence-electron chi connectivity index (χ0n) is 9.41. The normalized spacial score (nSPS) is 18.6. The Hall–Kier alpha value is -0.840. The Morgan fingerprint density at radius 1 is 1.44 bits per heavy atom. The van der Waals surface area contributed by atoms with Gasteiger partial charge in [0.1, 0.15) is 22.4 Å². The van der Waals surface area contributed by atoms with Gasteiger partial charge in [-0.15, -0.1) is 0 Å². The van der Waals surface area contributed by atoms with Crippen LogP contribution in [0.25, 0.3) is 0 Å². The molecule has 1 fully saturated rings. The molecular formula is C11H17BrN4. The Kier molecular flexibility index (Phi) is 3.63. The number of aromatic nitrogens is 2. The number of hydrogen-bond acceptors (Lipinski definition) is 4. The van der Waals surface area contributed by atoms with Gasteiger partial charge in [-0.25, -0.2) is 9.97 Å². The molecule has 2 rings (SSSR count). The van der Waals surface area contributed by atoms with Gasteiger partial charge in [-0.1, -0.05) is 12.8 Å². The van der Waals surface area contributed by atoms with E-state index in [2.05, 4.69) is 38.1 Å². The minimum Gasteiger partial charge on any atom is -0.383 e. The molecule has 1 heterocycles. The minimum absolute atomic E-state index is 0.438. The van der Waals surface area contributed by atoms with Crippen molar-refractivity contribution in [1.29, 1.82) is 0 Å². The van der Waals surface area contributed by atoms with Crippen molar-refractivity contribution in [2.75, 3.05) is 11.1 Å². The summed E-state index contributed by atoms with van der Waals surface area (Å²) in [4.78, 5) is 8.13. The van der Waals surface area contributed by atoms with Gasteiger partial charge >= 0.3 is 0 Å². The molecule has 1 aliphatic rings. The average Bonchev–Trinajstić information content (AvgIpc) is 2.78. The summed E-state index contributed by atoms with van der Waals surface area (Å²) in [6.45, 7) is 2.21. The van der Waals surface area contributed by atoms with Crippen LogP contribution in [0.4, 0.5) is 11.6 Å². The van der Waals surface area contributed by atoms with Crippen molar-refractivity contribution in [3.63, 3.8) is 0 Å². The van der Waals surface area contributed by atoms with Gasteiger partial charge in [-0.3, -0.25) is 0 Å². The topological polar surface area (TPSA) is 63.8 Å². The summed E-state index contributed by atoms with van der Waals surface area (Å²) in [5.74, 6) is 2.03. The fourth-order valence-corrected chi connectivity index (χ4v) is 2.59. The molecule has 3 N–H and O–H groups in total. The van der Waals surface area contributed by atoms with Crippen LogP contribution >= 0.6 is 15.9 Å². The predicted octanol–water partition coefficient (Wildman–Crippen LogP) is 2.81. The first-order valence-corrected chi connectivity index (χ1v) is 6.50. The maximum atomic E-state index is 5.71. The van der Waals surface area contributed by atoms with Crippen molar-refractivity contribution >= 4 is 27.6 Å². The lowest BCUT2D eigenvalue weighted by molar-refractivity contribution is 0.481. The molecule has 1 unspecified atom stereocenters. The number of nitrogens with zero attached hydrogens (tertiary/aromatic N) is 2. The molecule has 0 radical (unpaired) electrons. The van der Waals surface area contributed by atoms with Gasteiger partial charge in [0.2, 0.25) is 0 Å². The van der Waals surface area contributed by atoms with E-state index < -0.39 is 0 Å². The van der Waals surface area contributed by atoms with E-state index in [1.807, 2.05) is 0 Å². The minimum atomic E-state index is 0.438. The fraction of sp³-hybridized carbons (Fsp3) is 0.636. The summed E-state index contributed by atoms with van der Waals surface area (Å²) < 4.78 is 0.764. The first-order chi connectivity index (χ1) is 7.68. The summed E-state index contributed by atoms with van der Waals surface area (Å²) in [7, 11) is 0. The van der Waals surface area contributed by atoms with Crippen molar-refractivity contribution in [1.82, 2.24) is 9.97 Å². The highest BCUT2D eigenvalue weighted by molar-refractivity contribution is 9.10. The van der Waals surface area contributed by atoms with Crippen LogP contribution in [0, 0.1) is 5.92 Å². The van der Waals surface area contributed by atoms with Crippen molar-refractivity contribution in [2.24, 2.45) is 5.92 Å². The van der Waals surface area contributed by atoms with E-state index in [4.69, 9.17) is 5.73 Å². The lowest BCUT2D eigenvalue weighted by atomic mass is 10.00. The lowest BCUT2D eigenvalue weighted by Gasteiger charge is -2.21. The molecule has 5 heteroatoms. The maximum Gasteiger partial charge on any atom is 0.146 e. The third kappa shape index (κ3) is 2.45. The SMILES string of the molecule is CC(Nc1ncnc(N)c1Br)C1CCCC1. The summed E-state index contributed by atoms with van der Waals surface area (Å²) in [6.07, 6.45) is 6.82. The van der Waals surface area contributed by atoms with Gasteiger partial charge in [0, 0.05) is 6.04 Å². The molecule has 1 saturated carbocycles. The molecule has 0 aromatic carbocycles. The van der Waals surface area contributed by atoms with E-state index in [0.717, 1.165) is 16.2 Å². The monoisotopic (exact) mass is 284 g/mol. The number of rotatable bonds is 3. The van der Waals surface area contributed by atoms with E-state index in [1.165, 1.54) is 32.0 Å². The number of anilines is 2. The van der Waals surface area contributed by atoms with E-state index in [1.54, 1.807) is 0 Å². The van der Waals surface area contributed by atoms with E-state index >= 15 is 0 Å². The van der Waals surface area contributed by atoms with Crippen LogP contribution < -0.4 is 11.1 Å². The summed E-state index contributed by atoms with van der Waals surface area (Å²) in [6, 6.07) is 0.438. The second-order valence-corrected chi connectivity index (χ2v) is 5.19. The van der Waals surface area contributed by atoms with Crippen molar-refractivity contribution in [3.05, 3.63) is 10.8 Å². The third-order valence-electron chi connectivity index (χ3n) is 3.29. The predicted molar refractivity (Wildman–Crippen MR) is 69.2 cm³/mol. The summed E-state index contributed by atoms with van der Waals surface area (Å²) in [5, 5.41) is 3.41. The van der Waals surface area contributed by atoms with Crippen LogP contribution in [0.3, 0.4) is 0 Å². The van der Waals surface area contributed by atoms with E-state index in [0.29, 0.717) is 11.9 Å². The van der Waals surface area contributed by atoms with Gasteiger partial charge < -0.3 is 11.1 Å². The highest BCUT2D eigenvalue weighted by atomic mass is 79.9. The van der Waals surface area contributed by atoms with Gasteiger partial charge in [0.15, 0.2) is 0 Å². The molecular weight excluding hydrogens is 268 g/mol. The Labute approximate surface area is 104 Å². The zero-order chi connectivity index (χ0) is 11.5. The molecule has 0 bridgehead atoms. The molecule has 0 spiro atoms. The molecule has 1 aromatic heterocycles.